The lowest BCUT2D eigenvalue weighted by Crippen LogP contribution is -2.12. The van der Waals surface area contributed by atoms with E-state index in [4.69, 9.17) is 0 Å². The number of benzene rings is 3. The number of hydrogen-bond donors (Lipinski definition) is 3. The van der Waals surface area contributed by atoms with Gasteiger partial charge < -0.3 is 20.1 Å². The first-order valence-corrected chi connectivity index (χ1v) is 12.8. The predicted molar refractivity (Wildman–Crippen MR) is 142 cm³/mol. The van der Waals surface area contributed by atoms with Gasteiger partial charge in [0, 0.05) is 34.8 Å². The maximum Gasteiger partial charge on any atom is 0.259 e. The Labute approximate surface area is 224 Å². The normalized spacial score (nSPS) is 12.2. The van der Waals surface area contributed by atoms with Gasteiger partial charge in [-0.05, 0) is 35.2 Å². The second-order valence-corrected chi connectivity index (χ2v) is 9.15. The van der Waals surface area contributed by atoms with Crippen molar-refractivity contribution in [2.24, 2.45) is 10.2 Å². The molecule has 196 valence electrons. The predicted octanol–water partition coefficient (Wildman–Crippen LogP) is 4.06. The topological polar surface area (TPSA) is 178 Å². The summed E-state index contributed by atoms with van der Waals surface area (Å²) in [4.78, 5) is 21.4. The zero-order valence-corrected chi connectivity index (χ0v) is 20.9. The van der Waals surface area contributed by atoms with Crippen molar-refractivity contribution in [2.45, 2.75) is 12.4 Å². The van der Waals surface area contributed by atoms with Crippen molar-refractivity contribution < 1.29 is 23.8 Å². The van der Waals surface area contributed by atoms with Crippen LogP contribution in [0.1, 0.15) is 21.5 Å². The first-order valence-electron chi connectivity index (χ1n) is 11.5. The van der Waals surface area contributed by atoms with Crippen LogP contribution in [0.2, 0.25) is 0 Å². The lowest BCUT2D eigenvalue weighted by atomic mass is 10.0. The molecule has 0 aliphatic heterocycles. The van der Waals surface area contributed by atoms with Crippen molar-refractivity contribution in [1.82, 2.24) is 19.7 Å². The summed E-state index contributed by atoms with van der Waals surface area (Å²) in [5, 5.41) is 36.9. The molecule has 1 atom stereocenters. The van der Waals surface area contributed by atoms with Crippen molar-refractivity contribution in [3.8, 4) is 11.7 Å². The van der Waals surface area contributed by atoms with Crippen LogP contribution in [0.4, 0.5) is 17.2 Å². The van der Waals surface area contributed by atoms with E-state index in [1.54, 1.807) is 54.6 Å². The lowest BCUT2D eigenvalue weighted by Gasteiger charge is -2.11. The minimum atomic E-state index is -2.44. The molecule has 0 saturated carbocycles. The third-order valence-corrected chi connectivity index (χ3v) is 6.26. The Morgan fingerprint density at radius 1 is 1.05 bits per heavy atom. The SMILES string of the molecule is O=C(Nc1ccc(CO)cc1)c1cc2ccccc2c(N=Nc2c(CS(=O)[O-])cnn2-c2ncccn2)c1O. The number of nitrogens with one attached hydrogen (secondary N) is 1. The average molecular weight is 543 g/mol. The molecule has 0 aliphatic rings. The zero-order valence-electron chi connectivity index (χ0n) is 20.1. The van der Waals surface area contributed by atoms with Gasteiger partial charge in [-0.2, -0.15) is 9.78 Å². The fourth-order valence-electron chi connectivity index (χ4n) is 3.84. The Morgan fingerprint density at radius 3 is 2.51 bits per heavy atom. The van der Waals surface area contributed by atoms with Gasteiger partial charge in [0.25, 0.3) is 11.9 Å². The number of phenolic OH excluding ortho intramolecular Hbond substituents is 1. The van der Waals surface area contributed by atoms with Crippen LogP contribution in [0, 0.1) is 0 Å². The van der Waals surface area contributed by atoms with Crippen LogP contribution in [0.5, 0.6) is 5.75 Å². The summed E-state index contributed by atoms with van der Waals surface area (Å²) < 4.78 is 24.1. The van der Waals surface area contributed by atoms with Crippen molar-refractivity contribution >= 4 is 45.0 Å². The van der Waals surface area contributed by atoms with Gasteiger partial charge in [-0.1, -0.05) is 47.5 Å². The molecule has 5 aromatic rings. The quantitative estimate of drug-likeness (QED) is 0.194. The third kappa shape index (κ3) is 5.55. The van der Waals surface area contributed by atoms with E-state index >= 15 is 0 Å². The zero-order chi connectivity index (χ0) is 27.4. The second kappa shape index (κ2) is 11.3. The van der Waals surface area contributed by atoms with Gasteiger partial charge in [0.15, 0.2) is 11.6 Å². The van der Waals surface area contributed by atoms with Crippen molar-refractivity contribution in [1.29, 1.82) is 0 Å². The molecule has 0 aliphatic carbocycles. The van der Waals surface area contributed by atoms with Gasteiger partial charge in [0.1, 0.15) is 5.69 Å². The minimum absolute atomic E-state index is 0.00445. The molecule has 0 spiro atoms. The van der Waals surface area contributed by atoms with Crippen molar-refractivity contribution in [3.63, 3.8) is 0 Å². The summed E-state index contributed by atoms with van der Waals surface area (Å²) >= 11 is -2.44. The monoisotopic (exact) mass is 542 g/mol. The molecule has 0 saturated heterocycles. The number of aliphatic hydroxyl groups is 1. The maximum atomic E-state index is 13.1. The van der Waals surface area contributed by atoms with E-state index < -0.39 is 22.7 Å². The standard InChI is InChI=1S/C26H21N7O5S/c34-14-16-6-8-19(9-7-16)30-25(36)21-12-17-4-1-2-5-20(17)22(23(21)35)31-32-24-18(15-39(37)38)13-29-33(24)26-27-10-3-11-28-26/h1-13,34-35H,14-15H2,(H,30,36)(H,37,38)/p-1. The van der Waals surface area contributed by atoms with E-state index in [2.05, 4.69) is 30.6 Å². The van der Waals surface area contributed by atoms with Crippen LogP contribution in [0.15, 0.2) is 89.5 Å². The summed E-state index contributed by atoms with van der Waals surface area (Å²) in [6.45, 7) is -0.129. The molecule has 3 N–H and O–H groups in total. The summed E-state index contributed by atoms with van der Waals surface area (Å²) in [6.07, 6.45) is 4.31. The molecular formula is C26H20N7O5S-. The van der Waals surface area contributed by atoms with Crippen LogP contribution in [0.25, 0.3) is 16.7 Å². The number of rotatable bonds is 8. The summed E-state index contributed by atoms with van der Waals surface area (Å²) in [5.41, 5.74) is 1.35. The van der Waals surface area contributed by atoms with E-state index in [0.717, 1.165) is 0 Å². The summed E-state index contributed by atoms with van der Waals surface area (Å²) in [7, 11) is 0. The first-order chi connectivity index (χ1) is 18.9. The number of carbonyl (C=O) groups excluding carboxylic acids is 1. The number of aromatic nitrogens is 4. The van der Waals surface area contributed by atoms with Gasteiger partial charge in [0.2, 0.25) is 0 Å². The molecule has 12 nitrogen and oxygen atoms in total. The number of aliphatic hydroxyl groups excluding tert-OH is 1. The largest absolute Gasteiger partial charge is 0.772 e. The Hall–Kier alpha value is -4.85. The molecule has 13 heteroatoms. The van der Waals surface area contributed by atoms with Crippen LogP contribution in [-0.4, -0.2) is 44.6 Å². The number of azo groups is 1. The number of fused-ring (bicyclic) bond motifs is 1. The number of carbonyl (C=O) groups is 1. The Morgan fingerprint density at radius 2 is 1.79 bits per heavy atom. The highest BCUT2D eigenvalue weighted by atomic mass is 32.2. The van der Waals surface area contributed by atoms with Crippen LogP contribution < -0.4 is 5.32 Å². The van der Waals surface area contributed by atoms with Gasteiger partial charge >= 0.3 is 0 Å². The average Bonchev–Trinajstić information content (AvgIpc) is 3.34. The number of amides is 1. The fraction of sp³-hybridized carbons (Fsp3) is 0.0769. The molecule has 0 fully saturated rings. The van der Waals surface area contributed by atoms with Crippen LogP contribution in [0.3, 0.4) is 0 Å². The molecule has 2 aromatic heterocycles. The maximum absolute atomic E-state index is 13.1. The fourth-order valence-corrected chi connectivity index (χ4v) is 4.30. The third-order valence-electron chi connectivity index (χ3n) is 5.71. The number of phenols is 1. The minimum Gasteiger partial charge on any atom is -0.772 e. The molecule has 5 rings (SSSR count). The number of nitrogens with zero attached hydrogens (tertiary/aromatic N) is 6. The molecular weight excluding hydrogens is 522 g/mol. The van der Waals surface area contributed by atoms with Crippen LogP contribution >= 0.6 is 0 Å². The number of aromatic hydroxyl groups is 1. The number of anilines is 1. The van der Waals surface area contributed by atoms with E-state index in [1.165, 1.54) is 29.3 Å². The Kier molecular flexibility index (Phi) is 7.45. The smallest absolute Gasteiger partial charge is 0.259 e. The Balaban J connectivity index is 1.58. The summed E-state index contributed by atoms with van der Waals surface area (Å²) in [5.74, 6) is -1.20. The highest BCUT2D eigenvalue weighted by Crippen LogP contribution is 2.40. The molecule has 0 bridgehead atoms. The van der Waals surface area contributed by atoms with E-state index in [0.29, 0.717) is 22.0 Å². The van der Waals surface area contributed by atoms with Crippen molar-refractivity contribution in [2.75, 3.05) is 5.32 Å². The molecule has 2 heterocycles. The van der Waals surface area contributed by atoms with Crippen LogP contribution in [-0.2, 0) is 23.4 Å². The molecule has 39 heavy (non-hydrogen) atoms. The van der Waals surface area contributed by atoms with Gasteiger partial charge in [-0.25, -0.2) is 9.97 Å². The first kappa shape index (κ1) is 25.8. The van der Waals surface area contributed by atoms with E-state index in [1.807, 2.05) is 0 Å². The van der Waals surface area contributed by atoms with Gasteiger partial charge in [0.05, 0.1) is 18.4 Å². The molecule has 1 unspecified atom stereocenters. The van der Waals surface area contributed by atoms with E-state index in [9.17, 15) is 23.8 Å². The second-order valence-electron chi connectivity index (χ2n) is 8.25. The Bertz CT molecular complexity index is 1710. The highest BCUT2D eigenvalue weighted by molar-refractivity contribution is 7.78. The van der Waals surface area contributed by atoms with Gasteiger partial charge in [-0.15, -0.1) is 10.2 Å². The number of hydrogen-bond acceptors (Lipinski definition) is 10. The van der Waals surface area contributed by atoms with E-state index in [-0.39, 0.29) is 40.9 Å². The van der Waals surface area contributed by atoms with Gasteiger partial charge in [-0.3, -0.25) is 9.00 Å². The van der Waals surface area contributed by atoms with Crippen molar-refractivity contribution in [3.05, 3.63) is 95.9 Å². The molecule has 3 aromatic carbocycles. The molecule has 1 amide bonds. The summed E-state index contributed by atoms with van der Waals surface area (Å²) in [6, 6.07) is 16.8. The molecule has 0 radical (unpaired) electrons. The lowest BCUT2D eigenvalue weighted by molar-refractivity contribution is 0.102. The highest BCUT2D eigenvalue weighted by Gasteiger charge is 2.20.